The van der Waals surface area contributed by atoms with Crippen molar-refractivity contribution in [2.45, 2.75) is 25.6 Å². The van der Waals surface area contributed by atoms with E-state index in [1.165, 1.54) is 12.1 Å². The summed E-state index contributed by atoms with van der Waals surface area (Å²) < 4.78 is 19.8. The lowest BCUT2D eigenvalue weighted by Crippen LogP contribution is -2.29. The van der Waals surface area contributed by atoms with Gasteiger partial charge in [-0.05, 0) is 49.2 Å². The van der Waals surface area contributed by atoms with E-state index < -0.39 is 18.0 Å². The molecular formula is C24H22Cl2FN3O3. The van der Waals surface area contributed by atoms with Gasteiger partial charge in [0.25, 0.3) is 5.91 Å². The van der Waals surface area contributed by atoms with Gasteiger partial charge in [0.2, 0.25) is 0 Å². The quantitative estimate of drug-likeness (QED) is 0.485. The molecule has 1 aromatic heterocycles. The molecule has 2 heterocycles. The monoisotopic (exact) mass is 489 g/mol. The van der Waals surface area contributed by atoms with Gasteiger partial charge in [-0.1, -0.05) is 35.3 Å². The molecule has 0 aliphatic carbocycles. The van der Waals surface area contributed by atoms with Gasteiger partial charge in [-0.2, -0.15) is 0 Å². The smallest absolute Gasteiger partial charge is 0.253 e. The van der Waals surface area contributed by atoms with Gasteiger partial charge < -0.3 is 20.5 Å². The fourth-order valence-electron chi connectivity index (χ4n) is 3.79. The molecule has 1 unspecified atom stereocenters. The number of carbonyl (C=O) groups is 1. The van der Waals surface area contributed by atoms with Crippen LogP contribution in [-0.2, 0) is 0 Å². The molecule has 9 heteroatoms. The van der Waals surface area contributed by atoms with Gasteiger partial charge >= 0.3 is 0 Å². The number of anilines is 1. The van der Waals surface area contributed by atoms with Crippen LogP contribution in [0.1, 0.15) is 35.4 Å². The Balaban J connectivity index is 1.55. The molecule has 2 aromatic carbocycles. The van der Waals surface area contributed by atoms with Crippen molar-refractivity contribution in [3.8, 4) is 16.9 Å². The van der Waals surface area contributed by atoms with Crippen molar-refractivity contribution in [1.29, 1.82) is 0 Å². The van der Waals surface area contributed by atoms with Crippen LogP contribution in [0.5, 0.6) is 5.75 Å². The Kier molecular flexibility index (Phi) is 6.74. The number of rotatable bonds is 5. The highest BCUT2D eigenvalue weighted by Gasteiger charge is 2.25. The lowest BCUT2D eigenvalue weighted by molar-refractivity contribution is 0.0765. The van der Waals surface area contributed by atoms with Crippen molar-refractivity contribution in [2.24, 2.45) is 0 Å². The summed E-state index contributed by atoms with van der Waals surface area (Å²) in [5, 5.41) is 9.83. The Morgan fingerprint density at radius 2 is 1.97 bits per heavy atom. The molecule has 0 spiro atoms. The van der Waals surface area contributed by atoms with Crippen molar-refractivity contribution in [1.82, 2.24) is 9.88 Å². The second-order valence-electron chi connectivity index (χ2n) is 7.90. The van der Waals surface area contributed by atoms with Crippen LogP contribution in [0.15, 0.2) is 48.7 Å². The van der Waals surface area contributed by atoms with Crippen molar-refractivity contribution < 1.29 is 19.0 Å². The van der Waals surface area contributed by atoms with Gasteiger partial charge in [0, 0.05) is 41.0 Å². The lowest BCUT2D eigenvalue weighted by Gasteiger charge is -2.19. The van der Waals surface area contributed by atoms with Gasteiger partial charge in [-0.15, -0.1) is 0 Å². The third kappa shape index (κ3) is 4.90. The molecule has 0 saturated carbocycles. The molecule has 33 heavy (non-hydrogen) atoms. The molecule has 1 aliphatic heterocycles. The van der Waals surface area contributed by atoms with Crippen molar-refractivity contribution in [3.63, 3.8) is 0 Å². The maximum Gasteiger partial charge on any atom is 0.253 e. The molecule has 1 amide bonds. The average molecular weight is 490 g/mol. The van der Waals surface area contributed by atoms with E-state index in [0.717, 1.165) is 11.1 Å². The highest BCUT2D eigenvalue weighted by molar-refractivity contribution is 6.36. The van der Waals surface area contributed by atoms with E-state index in [2.05, 4.69) is 4.98 Å². The number of aliphatic hydroxyl groups excluding tert-OH is 1. The summed E-state index contributed by atoms with van der Waals surface area (Å²) in [7, 11) is 0. The number of nitrogens with two attached hydrogens (primary N) is 1. The topological polar surface area (TPSA) is 88.7 Å². The zero-order valence-electron chi connectivity index (χ0n) is 17.8. The molecule has 3 aromatic rings. The van der Waals surface area contributed by atoms with Crippen molar-refractivity contribution >= 4 is 34.9 Å². The van der Waals surface area contributed by atoms with Crippen LogP contribution in [0.4, 0.5) is 10.2 Å². The molecule has 1 aliphatic rings. The predicted octanol–water partition coefficient (Wildman–Crippen LogP) is 5.12. The number of pyridine rings is 1. The normalized spacial score (nSPS) is 16.6. The number of carbonyl (C=O) groups excluding carboxylic acids is 1. The Morgan fingerprint density at radius 3 is 2.64 bits per heavy atom. The molecule has 2 atom stereocenters. The van der Waals surface area contributed by atoms with Crippen LogP contribution in [0.2, 0.25) is 10.0 Å². The Morgan fingerprint density at radius 1 is 1.24 bits per heavy atom. The fourth-order valence-corrected chi connectivity index (χ4v) is 4.46. The van der Waals surface area contributed by atoms with Gasteiger partial charge in [-0.3, -0.25) is 4.79 Å². The van der Waals surface area contributed by atoms with Gasteiger partial charge in [0.05, 0.1) is 11.1 Å². The number of nitrogen functional groups attached to an aromatic ring is 1. The van der Waals surface area contributed by atoms with E-state index >= 15 is 0 Å². The lowest BCUT2D eigenvalue weighted by atomic mass is 10.0. The van der Waals surface area contributed by atoms with E-state index in [1.807, 2.05) is 0 Å². The number of aliphatic hydroxyl groups is 1. The second kappa shape index (κ2) is 9.55. The number of ether oxygens (including phenoxy) is 1. The number of halogens is 3. The Hall–Kier alpha value is -2.87. The molecule has 3 N–H and O–H groups in total. The number of amides is 1. The molecule has 1 saturated heterocycles. The third-order valence-electron chi connectivity index (χ3n) is 5.59. The summed E-state index contributed by atoms with van der Waals surface area (Å²) in [6, 6.07) is 11.4. The minimum Gasteiger partial charge on any atom is -0.482 e. The number of benzene rings is 2. The first-order valence-electron chi connectivity index (χ1n) is 10.4. The summed E-state index contributed by atoms with van der Waals surface area (Å²) in [6.45, 7) is 2.58. The van der Waals surface area contributed by atoms with E-state index in [-0.39, 0.29) is 21.8 Å². The zero-order chi connectivity index (χ0) is 23.7. The summed E-state index contributed by atoms with van der Waals surface area (Å²) in [4.78, 5) is 18.4. The largest absolute Gasteiger partial charge is 0.482 e. The number of β-amino-alcohol motifs (C(OH)–C–C–N with tert-alkyl or cyclic N) is 1. The third-order valence-corrected chi connectivity index (χ3v) is 6.30. The van der Waals surface area contributed by atoms with Crippen LogP contribution in [-0.4, -0.2) is 40.1 Å². The van der Waals surface area contributed by atoms with E-state index in [9.17, 15) is 14.3 Å². The molecule has 1 fully saturated rings. The van der Waals surface area contributed by atoms with Crippen LogP contribution in [0.3, 0.4) is 0 Å². The Bertz CT molecular complexity index is 1190. The van der Waals surface area contributed by atoms with Gasteiger partial charge in [-0.25, -0.2) is 9.37 Å². The maximum atomic E-state index is 13.9. The fraction of sp³-hybridized carbons (Fsp3) is 0.250. The first kappa shape index (κ1) is 23.3. The minimum absolute atomic E-state index is 0.108. The molecule has 172 valence electrons. The SMILES string of the molecule is CC(Oc1cc(-c2ccc(C(=O)N3CC[C@H](O)C3)cc2)cnc1N)c1c(Cl)ccc(F)c1Cl. The van der Waals surface area contributed by atoms with Crippen LogP contribution in [0.25, 0.3) is 11.1 Å². The van der Waals surface area contributed by atoms with Crippen LogP contribution < -0.4 is 10.5 Å². The number of likely N-dealkylation sites (tertiary alicyclic amines) is 1. The Labute approximate surface area is 200 Å². The van der Waals surface area contributed by atoms with E-state index in [1.54, 1.807) is 48.4 Å². The van der Waals surface area contributed by atoms with Crippen LogP contribution >= 0.6 is 23.2 Å². The van der Waals surface area contributed by atoms with E-state index in [4.69, 9.17) is 33.7 Å². The zero-order valence-corrected chi connectivity index (χ0v) is 19.3. The first-order valence-corrected chi connectivity index (χ1v) is 11.1. The molecule has 0 radical (unpaired) electrons. The minimum atomic E-state index is -0.684. The average Bonchev–Trinajstić information content (AvgIpc) is 3.24. The van der Waals surface area contributed by atoms with Gasteiger partial charge in [0.15, 0.2) is 11.6 Å². The van der Waals surface area contributed by atoms with Crippen molar-refractivity contribution in [3.05, 3.63) is 75.7 Å². The molecular weight excluding hydrogens is 468 g/mol. The van der Waals surface area contributed by atoms with Crippen LogP contribution in [0, 0.1) is 5.82 Å². The van der Waals surface area contributed by atoms with Crippen molar-refractivity contribution in [2.75, 3.05) is 18.8 Å². The maximum absolute atomic E-state index is 13.9. The number of nitrogens with zero attached hydrogens (tertiary/aromatic N) is 2. The molecule has 6 nitrogen and oxygen atoms in total. The summed E-state index contributed by atoms with van der Waals surface area (Å²) in [5.74, 6) is -0.254. The van der Waals surface area contributed by atoms with E-state index in [0.29, 0.717) is 36.4 Å². The number of hydrogen-bond acceptors (Lipinski definition) is 5. The molecule has 0 bridgehead atoms. The standard InChI is InChI=1S/C24H22Cl2FN3O3/c1-13(21-18(25)6-7-19(27)22(21)26)33-20-10-16(11-29-23(20)28)14-2-4-15(5-3-14)24(32)30-9-8-17(31)12-30/h2-7,10-11,13,17,31H,8-9,12H2,1H3,(H2,28,29)/t13?,17-/m0/s1. The summed E-state index contributed by atoms with van der Waals surface area (Å²) >= 11 is 12.3. The van der Waals surface area contributed by atoms with Gasteiger partial charge in [0.1, 0.15) is 11.9 Å². The number of aromatic nitrogens is 1. The second-order valence-corrected chi connectivity index (χ2v) is 8.68. The molecule has 4 rings (SSSR count). The summed E-state index contributed by atoms with van der Waals surface area (Å²) in [5.41, 5.74) is 8.38. The summed E-state index contributed by atoms with van der Waals surface area (Å²) in [6.07, 6.45) is 1.04. The highest BCUT2D eigenvalue weighted by atomic mass is 35.5. The highest BCUT2D eigenvalue weighted by Crippen LogP contribution is 2.37. The number of hydrogen-bond donors (Lipinski definition) is 2. The predicted molar refractivity (Wildman–Crippen MR) is 126 cm³/mol. The first-order chi connectivity index (χ1) is 15.7.